The Bertz CT molecular complexity index is 1100. The van der Waals surface area contributed by atoms with Gasteiger partial charge < -0.3 is 14.8 Å². The number of aryl methyl sites for hydroxylation is 1. The normalized spacial score (nSPS) is 10.3. The third-order valence-electron chi connectivity index (χ3n) is 3.83. The topological polar surface area (TPSA) is 138 Å². The summed E-state index contributed by atoms with van der Waals surface area (Å²) in [6, 6.07) is 8.39. The third kappa shape index (κ3) is 4.76. The molecule has 0 aliphatic carbocycles. The summed E-state index contributed by atoms with van der Waals surface area (Å²) in [6.45, 7) is 1.84. The highest BCUT2D eigenvalue weighted by Gasteiger charge is 2.20. The number of rotatable bonds is 7. The second kappa shape index (κ2) is 8.82. The Morgan fingerprint density at radius 3 is 2.70 bits per heavy atom. The van der Waals surface area contributed by atoms with Crippen molar-refractivity contribution in [2.75, 3.05) is 11.9 Å². The molecule has 2 heterocycles. The molecule has 0 fully saturated rings. The van der Waals surface area contributed by atoms with Crippen molar-refractivity contribution in [3.8, 4) is 11.5 Å². The molecule has 154 valence electrons. The Morgan fingerprint density at radius 2 is 2.03 bits per heavy atom. The maximum Gasteiger partial charge on any atom is 0.356 e. The third-order valence-corrected chi connectivity index (χ3v) is 3.83. The van der Waals surface area contributed by atoms with E-state index >= 15 is 0 Å². The number of carbonyl (C=O) groups is 2. The van der Waals surface area contributed by atoms with Crippen LogP contribution in [0.4, 0.5) is 11.4 Å². The molecule has 1 aromatic carbocycles. The molecule has 3 aromatic rings. The number of carbonyl (C=O) groups excluding carboxylic acids is 2. The van der Waals surface area contributed by atoms with E-state index in [9.17, 15) is 19.7 Å². The highest BCUT2D eigenvalue weighted by molar-refractivity contribution is 6.04. The Kier molecular flexibility index (Phi) is 6.01. The van der Waals surface area contributed by atoms with Gasteiger partial charge in [-0.25, -0.2) is 4.79 Å². The summed E-state index contributed by atoms with van der Waals surface area (Å²) in [7, 11) is 1.50. The highest BCUT2D eigenvalue weighted by atomic mass is 16.6. The van der Waals surface area contributed by atoms with Gasteiger partial charge in [0.05, 0.1) is 29.5 Å². The van der Waals surface area contributed by atoms with Crippen LogP contribution in [0.15, 0.2) is 48.8 Å². The van der Waals surface area contributed by atoms with Gasteiger partial charge in [-0.2, -0.15) is 5.10 Å². The zero-order chi connectivity index (χ0) is 21.7. The Hall–Kier alpha value is -4.28. The lowest BCUT2D eigenvalue weighted by Gasteiger charge is -2.08. The average Bonchev–Trinajstić information content (AvgIpc) is 3.11. The number of esters is 1. The van der Waals surface area contributed by atoms with Gasteiger partial charge in [0.2, 0.25) is 0 Å². The minimum Gasteiger partial charge on any atom is -0.461 e. The largest absolute Gasteiger partial charge is 0.461 e. The number of pyridine rings is 1. The van der Waals surface area contributed by atoms with Gasteiger partial charge in [-0.3, -0.25) is 24.6 Å². The molecule has 0 bridgehead atoms. The van der Waals surface area contributed by atoms with Crippen molar-refractivity contribution in [3.05, 3.63) is 70.3 Å². The number of amides is 1. The quantitative estimate of drug-likeness (QED) is 0.356. The van der Waals surface area contributed by atoms with Crippen LogP contribution < -0.4 is 10.1 Å². The molecule has 2 aromatic heterocycles. The summed E-state index contributed by atoms with van der Waals surface area (Å²) >= 11 is 0. The second-order valence-electron chi connectivity index (χ2n) is 5.98. The molecule has 1 amide bonds. The number of nitrogens with one attached hydrogen (secondary N) is 1. The number of ether oxygens (including phenoxy) is 2. The van der Waals surface area contributed by atoms with Crippen LogP contribution in [0.25, 0.3) is 0 Å². The van der Waals surface area contributed by atoms with Crippen molar-refractivity contribution in [3.63, 3.8) is 0 Å². The van der Waals surface area contributed by atoms with Crippen LogP contribution >= 0.6 is 0 Å². The van der Waals surface area contributed by atoms with E-state index in [0.717, 1.165) is 0 Å². The number of anilines is 1. The summed E-state index contributed by atoms with van der Waals surface area (Å²) in [4.78, 5) is 39.0. The van der Waals surface area contributed by atoms with Gasteiger partial charge in [-0.15, -0.1) is 0 Å². The zero-order valence-electron chi connectivity index (χ0n) is 16.1. The first kappa shape index (κ1) is 20.5. The van der Waals surface area contributed by atoms with Crippen LogP contribution in [0.1, 0.15) is 27.9 Å². The summed E-state index contributed by atoms with van der Waals surface area (Å²) in [5.41, 5.74) is -0.111. The van der Waals surface area contributed by atoms with Crippen LogP contribution in [-0.2, 0) is 11.8 Å². The number of hydrogen-bond donors (Lipinski definition) is 1. The van der Waals surface area contributed by atoms with E-state index < -0.39 is 16.8 Å². The number of nitro groups is 1. The predicted molar refractivity (Wildman–Crippen MR) is 105 cm³/mol. The summed E-state index contributed by atoms with van der Waals surface area (Å²) in [5.74, 6) is -0.761. The highest BCUT2D eigenvalue weighted by Crippen LogP contribution is 2.29. The molecule has 11 nitrogen and oxygen atoms in total. The number of non-ortho nitro benzene ring substituents is 1. The second-order valence-corrected chi connectivity index (χ2v) is 5.98. The number of hydrogen-bond acceptors (Lipinski definition) is 8. The van der Waals surface area contributed by atoms with Gasteiger partial charge in [0.25, 0.3) is 11.6 Å². The minimum atomic E-state index is -0.658. The number of aromatic nitrogens is 3. The lowest BCUT2D eigenvalue weighted by Crippen LogP contribution is -2.13. The van der Waals surface area contributed by atoms with E-state index in [4.69, 9.17) is 9.47 Å². The summed E-state index contributed by atoms with van der Waals surface area (Å²) < 4.78 is 11.7. The van der Waals surface area contributed by atoms with E-state index in [1.807, 2.05) is 0 Å². The fraction of sp³-hybridized carbons (Fsp3) is 0.158. The van der Waals surface area contributed by atoms with Gasteiger partial charge in [0.15, 0.2) is 5.69 Å². The van der Waals surface area contributed by atoms with Gasteiger partial charge >= 0.3 is 5.97 Å². The maximum absolute atomic E-state index is 12.6. The molecule has 0 unspecified atom stereocenters. The van der Waals surface area contributed by atoms with Crippen molar-refractivity contribution in [1.82, 2.24) is 14.8 Å². The number of nitrogens with zero attached hydrogens (tertiary/aromatic N) is 4. The molecular weight excluding hydrogens is 394 g/mol. The molecule has 0 aliphatic rings. The van der Waals surface area contributed by atoms with Crippen molar-refractivity contribution >= 4 is 23.3 Å². The molecule has 3 rings (SSSR count). The van der Waals surface area contributed by atoms with Crippen LogP contribution in [0, 0.1) is 10.1 Å². The Morgan fingerprint density at radius 1 is 1.23 bits per heavy atom. The van der Waals surface area contributed by atoms with E-state index in [0.29, 0.717) is 5.75 Å². The molecule has 0 spiro atoms. The lowest BCUT2D eigenvalue weighted by atomic mass is 10.2. The SMILES string of the molecule is CCOC(=O)c1cc(C(=O)Nc2cc(Oc3cccnc3)cc([N+](=O)[O-])c2)nn1C. The fourth-order valence-electron chi connectivity index (χ4n) is 2.53. The maximum atomic E-state index is 12.6. The van der Waals surface area contributed by atoms with Gasteiger partial charge in [0.1, 0.15) is 17.2 Å². The average molecular weight is 411 g/mol. The standard InChI is InChI=1S/C19H17N5O6/c1-3-29-19(26)17-10-16(22-23(17)2)18(25)21-12-7-13(24(27)28)9-15(8-12)30-14-5-4-6-20-11-14/h4-11H,3H2,1-2H3,(H,21,25). The van der Waals surface area contributed by atoms with Crippen molar-refractivity contribution in [1.29, 1.82) is 0 Å². The van der Waals surface area contributed by atoms with E-state index in [2.05, 4.69) is 15.4 Å². The van der Waals surface area contributed by atoms with Crippen LogP contribution in [0.5, 0.6) is 11.5 Å². The van der Waals surface area contributed by atoms with Gasteiger partial charge in [-0.1, -0.05) is 0 Å². The van der Waals surface area contributed by atoms with Crippen LogP contribution in [0.2, 0.25) is 0 Å². The van der Waals surface area contributed by atoms with Gasteiger partial charge in [0, 0.05) is 31.4 Å². The first-order valence-electron chi connectivity index (χ1n) is 8.77. The van der Waals surface area contributed by atoms with Crippen molar-refractivity contribution in [2.45, 2.75) is 6.92 Å². The number of benzene rings is 1. The van der Waals surface area contributed by atoms with E-state index in [1.165, 1.54) is 42.2 Å². The molecular formula is C19H17N5O6. The van der Waals surface area contributed by atoms with E-state index in [1.54, 1.807) is 25.3 Å². The smallest absolute Gasteiger partial charge is 0.356 e. The number of nitro benzene ring substituents is 1. The van der Waals surface area contributed by atoms with Gasteiger partial charge in [-0.05, 0) is 19.1 Å². The molecule has 0 saturated heterocycles. The van der Waals surface area contributed by atoms with Crippen LogP contribution in [0.3, 0.4) is 0 Å². The molecule has 1 N–H and O–H groups in total. The molecule has 11 heteroatoms. The Balaban J connectivity index is 1.85. The molecule has 30 heavy (non-hydrogen) atoms. The molecule has 0 radical (unpaired) electrons. The molecule has 0 saturated carbocycles. The summed E-state index contributed by atoms with van der Waals surface area (Å²) in [5, 5.41) is 17.8. The fourth-order valence-corrected chi connectivity index (χ4v) is 2.53. The molecule has 0 atom stereocenters. The first-order valence-corrected chi connectivity index (χ1v) is 8.77. The monoisotopic (exact) mass is 411 g/mol. The van der Waals surface area contributed by atoms with Crippen LogP contribution in [-0.4, -0.2) is 38.2 Å². The first-order chi connectivity index (χ1) is 14.4. The lowest BCUT2D eigenvalue weighted by molar-refractivity contribution is -0.384. The zero-order valence-corrected chi connectivity index (χ0v) is 16.1. The minimum absolute atomic E-state index is 0.0539. The summed E-state index contributed by atoms with van der Waals surface area (Å²) in [6.07, 6.45) is 3.01. The molecule has 0 aliphatic heterocycles. The van der Waals surface area contributed by atoms with Crippen molar-refractivity contribution < 1.29 is 24.0 Å². The van der Waals surface area contributed by atoms with Crippen molar-refractivity contribution in [2.24, 2.45) is 7.05 Å². The Labute approximate surface area is 170 Å². The predicted octanol–water partition coefficient (Wildman–Crippen LogP) is 2.94. The van der Waals surface area contributed by atoms with E-state index in [-0.39, 0.29) is 35.1 Å².